The van der Waals surface area contributed by atoms with Crippen molar-refractivity contribution in [2.24, 2.45) is 0 Å². The number of rotatable bonds is 1. The number of fused-ring (bicyclic) bond motifs is 3. The fraction of sp³-hybridized carbons (Fsp3) is 0.0667. The van der Waals surface area contributed by atoms with Crippen LogP contribution in [-0.2, 0) is 6.42 Å². The van der Waals surface area contributed by atoms with Crippen LogP contribution in [0.15, 0.2) is 51.7 Å². The minimum absolute atomic E-state index is 0.204. The van der Waals surface area contributed by atoms with Gasteiger partial charge in [-0.3, -0.25) is 0 Å². The molecule has 0 bridgehead atoms. The summed E-state index contributed by atoms with van der Waals surface area (Å²) in [7, 11) is 0. The fourth-order valence-corrected chi connectivity index (χ4v) is 2.24. The van der Waals surface area contributed by atoms with Gasteiger partial charge in [-0.05, 0) is 22.4 Å². The molecule has 86 valence electrons. The predicted molar refractivity (Wildman–Crippen MR) is 69.3 cm³/mol. The van der Waals surface area contributed by atoms with Crippen molar-refractivity contribution in [3.05, 3.63) is 58.4 Å². The van der Waals surface area contributed by atoms with Crippen LogP contribution in [0, 0.1) is 11.3 Å². The molecule has 2 aromatic carbocycles. The lowest BCUT2D eigenvalue weighted by Gasteiger charge is -2.05. The van der Waals surface area contributed by atoms with Crippen LogP contribution < -0.4 is 5.63 Å². The zero-order valence-corrected chi connectivity index (χ0v) is 9.51. The van der Waals surface area contributed by atoms with E-state index in [1.165, 1.54) is 6.07 Å². The Kier molecular flexibility index (Phi) is 2.35. The van der Waals surface area contributed by atoms with Crippen molar-refractivity contribution in [1.29, 1.82) is 5.26 Å². The molecule has 0 atom stereocenters. The largest absolute Gasteiger partial charge is 0.423 e. The maximum Gasteiger partial charge on any atom is 0.336 e. The summed E-state index contributed by atoms with van der Waals surface area (Å²) < 4.78 is 5.19. The Labute approximate surface area is 103 Å². The summed E-state index contributed by atoms with van der Waals surface area (Å²) in [4.78, 5) is 11.4. The van der Waals surface area contributed by atoms with Crippen molar-refractivity contribution in [2.75, 3.05) is 0 Å². The molecule has 3 aromatic rings. The third-order valence-corrected chi connectivity index (χ3v) is 2.98. The Bertz CT molecular complexity index is 840. The smallest absolute Gasteiger partial charge is 0.336 e. The Morgan fingerprint density at radius 1 is 1.17 bits per heavy atom. The van der Waals surface area contributed by atoms with E-state index in [2.05, 4.69) is 6.07 Å². The van der Waals surface area contributed by atoms with Crippen molar-refractivity contribution in [2.45, 2.75) is 6.42 Å². The lowest BCUT2D eigenvalue weighted by atomic mass is 10.0. The van der Waals surface area contributed by atoms with Crippen molar-refractivity contribution in [1.82, 2.24) is 0 Å². The van der Waals surface area contributed by atoms with Gasteiger partial charge in [0.2, 0.25) is 0 Å². The molecular weight excluding hydrogens is 226 g/mol. The van der Waals surface area contributed by atoms with E-state index in [0.717, 1.165) is 21.7 Å². The summed E-state index contributed by atoms with van der Waals surface area (Å²) in [5.74, 6) is 0. The zero-order valence-electron chi connectivity index (χ0n) is 9.51. The molecule has 1 aromatic heterocycles. The normalized spacial score (nSPS) is 10.6. The molecule has 0 spiro atoms. The van der Waals surface area contributed by atoms with E-state index in [1.807, 2.05) is 30.3 Å². The number of hydrogen-bond acceptors (Lipinski definition) is 3. The Morgan fingerprint density at radius 2 is 2.00 bits per heavy atom. The van der Waals surface area contributed by atoms with Crippen molar-refractivity contribution in [3.8, 4) is 6.07 Å². The standard InChI is InChI=1S/C15H9NO2/c16-8-7-11-9-14(17)18-13-6-5-10-3-1-2-4-12(10)15(11)13/h1-6,9H,7H2. The van der Waals surface area contributed by atoms with E-state index >= 15 is 0 Å². The molecule has 0 aliphatic carbocycles. The molecule has 0 radical (unpaired) electrons. The number of nitrogens with zero attached hydrogens (tertiary/aromatic N) is 1. The quantitative estimate of drug-likeness (QED) is 0.481. The number of nitriles is 1. The second-order valence-electron chi connectivity index (χ2n) is 4.09. The lowest BCUT2D eigenvalue weighted by Crippen LogP contribution is -2.00. The summed E-state index contributed by atoms with van der Waals surface area (Å²) in [5, 5.41) is 11.8. The molecule has 18 heavy (non-hydrogen) atoms. The van der Waals surface area contributed by atoms with Crippen LogP contribution in [-0.4, -0.2) is 0 Å². The topological polar surface area (TPSA) is 54.0 Å². The average Bonchev–Trinajstić information content (AvgIpc) is 2.38. The van der Waals surface area contributed by atoms with Gasteiger partial charge in [-0.2, -0.15) is 5.26 Å². The molecule has 0 saturated carbocycles. The van der Waals surface area contributed by atoms with E-state index in [0.29, 0.717) is 5.58 Å². The van der Waals surface area contributed by atoms with Gasteiger partial charge in [0.1, 0.15) is 5.58 Å². The molecular formula is C15H9NO2. The predicted octanol–water partition coefficient (Wildman–Crippen LogP) is 3.01. The van der Waals surface area contributed by atoms with Gasteiger partial charge in [0.25, 0.3) is 0 Å². The summed E-state index contributed by atoms with van der Waals surface area (Å²) in [6, 6.07) is 15.0. The van der Waals surface area contributed by atoms with Crippen molar-refractivity contribution >= 4 is 21.7 Å². The molecule has 0 amide bonds. The first-order valence-corrected chi connectivity index (χ1v) is 5.61. The van der Waals surface area contributed by atoms with E-state index < -0.39 is 5.63 Å². The van der Waals surface area contributed by atoms with Crippen LogP contribution in [0.5, 0.6) is 0 Å². The highest BCUT2D eigenvalue weighted by Gasteiger charge is 2.08. The molecule has 0 aliphatic rings. The highest BCUT2D eigenvalue weighted by Crippen LogP contribution is 2.27. The third kappa shape index (κ3) is 1.56. The first-order valence-electron chi connectivity index (χ1n) is 5.61. The van der Waals surface area contributed by atoms with Gasteiger partial charge in [-0.1, -0.05) is 30.3 Å². The summed E-state index contributed by atoms with van der Waals surface area (Å²) in [6.45, 7) is 0. The molecule has 3 heteroatoms. The van der Waals surface area contributed by atoms with E-state index in [9.17, 15) is 4.79 Å². The maximum absolute atomic E-state index is 11.4. The molecule has 3 rings (SSSR count). The van der Waals surface area contributed by atoms with Crippen LogP contribution >= 0.6 is 0 Å². The molecule has 3 nitrogen and oxygen atoms in total. The van der Waals surface area contributed by atoms with Crippen LogP contribution in [0.1, 0.15) is 5.56 Å². The highest BCUT2D eigenvalue weighted by atomic mass is 16.4. The molecule has 0 N–H and O–H groups in total. The minimum atomic E-state index is -0.414. The number of hydrogen-bond donors (Lipinski definition) is 0. The van der Waals surface area contributed by atoms with E-state index in [1.54, 1.807) is 6.07 Å². The molecule has 1 heterocycles. The SMILES string of the molecule is N#CCc1cc(=O)oc2ccc3ccccc3c12. The third-order valence-electron chi connectivity index (χ3n) is 2.98. The average molecular weight is 235 g/mol. The van der Waals surface area contributed by atoms with Crippen LogP contribution in [0.25, 0.3) is 21.7 Å². The molecule has 0 unspecified atom stereocenters. The fourth-order valence-electron chi connectivity index (χ4n) is 2.24. The van der Waals surface area contributed by atoms with Gasteiger partial charge in [0.15, 0.2) is 0 Å². The summed E-state index contributed by atoms with van der Waals surface area (Å²) >= 11 is 0. The molecule has 0 saturated heterocycles. The first kappa shape index (κ1) is 10.5. The Morgan fingerprint density at radius 3 is 2.83 bits per heavy atom. The van der Waals surface area contributed by atoms with E-state index in [4.69, 9.17) is 9.68 Å². The monoisotopic (exact) mass is 235 g/mol. The van der Waals surface area contributed by atoms with E-state index in [-0.39, 0.29) is 6.42 Å². The van der Waals surface area contributed by atoms with Crippen LogP contribution in [0.4, 0.5) is 0 Å². The summed E-state index contributed by atoms with van der Waals surface area (Å²) in [6.07, 6.45) is 0.204. The van der Waals surface area contributed by atoms with Gasteiger partial charge >= 0.3 is 5.63 Å². The van der Waals surface area contributed by atoms with Crippen molar-refractivity contribution in [3.63, 3.8) is 0 Å². The maximum atomic E-state index is 11.4. The number of benzene rings is 2. The zero-order chi connectivity index (χ0) is 12.5. The van der Waals surface area contributed by atoms with Crippen molar-refractivity contribution < 1.29 is 4.42 Å². The molecule has 0 fully saturated rings. The van der Waals surface area contributed by atoms with Gasteiger partial charge in [-0.25, -0.2) is 4.79 Å². The van der Waals surface area contributed by atoms with Crippen LogP contribution in [0.3, 0.4) is 0 Å². The van der Waals surface area contributed by atoms with Crippen LogP contribution in [0.2, 0.25) is 0 Å². The first-order chi connectivity index (χ1) is 8.79. The van der Waals surface area contributed by atoms with Gasteiger partial charge in [0, 0.05) is 11.5 Å². The van der Waals surface area contributed by atoms with Gasteiger partial charge in [-0.15, -0.1) is 0 Å². The second-order valence-corrected chi connectivity index (χ2v) is 4.09. The summed E-state index contributed by atoms with van der Waals surface area (Å²) in [5.41, 5.74) is 0.843. The Balaban J connectivity index is 2.56. The minimum Gasteiger partial charge on any atom is -0.423 e. The lowest BCUT2D eigenvalue weighted by molar-refractivity contribution is 0.560. The Hall–Kier alpha value is -2.60. The molecule has 0 aliphatic heterocycles. The highest BCUT2D eigenvalue weighted by molar-refractivity contribution is 6.07. The van der Waals surface area contributed by atoms with Gasteiger partial charge in [0.05, 0.1) is 12.5 Å². The van der Waals surface area contributed by atoms with Gasteiger partial charge < -0.3 is 4.42 Å². The second kappa shape index (κ2) is 4.01.